The van der Waals surface area contributed by atoms with E-state index < -0.39 is 5.82 Å². The molecule has 0 spiro atoms. The Labute approximate surface area is 91.9 Å². The molecule has 0 atom stereocenters. The minimum atomic E-state index is -0.459. The van der Waals surface area contributed by atoms with Crippen molar-refractivity contribution >= 4 is 11.4 Å². The number of rotatable bonds is 2. The summed E-state index contributed by atoms with van der Waals surface area (Å²) < 4.78 is 12.9. The largest absolute Gasteiger partial charge is 0.506 e. The quantitative estimate of drug-likeness (QED) is 0.759. The predicted molar refractivity (Wildman–Crippen MR) is 58.7 cm³/mol. The average molecular weight is 216 g/mol. The lowest BCUT2D eigenvalue weighted by Gasteiger charge is -1.97. The standard InChI is InChI=1S/C12H9FN2O/c13-9-6-7-12(16)11(8-9)15-14-10-4-2-1-3-5-10/h1-8,16H. The molecule has 3 nitrogen and oxygen atoms in total. The molecule has 16 heavy (non-hydrogen) atoms. The smallest absolute Gasteiger partial charge is 0.143 e. The Kier molecular flexibility index (Phi) is 2.91. The topological polar surface area (TPSA) is 45.0 Å². The summed E-state index contributed by atoms with van der Waals surface area (Å²) in [6, 6.07) is 12.6. The molecule has 1 N–H and O–H groups in total. The van der Waals surface area contributed by atoms with Crippen LogP contribution in [0.15, 0.2) is 58.8 Å². The first-order valence-electron chi connectivity index (χ1n) is 4.71. The van der Waals surface area contributed by atoms with Gasteiger partial charge in [0.05, 0.1) is 5.69 Å². The summed E-state index contributed by atoms with van der Waals surface area (Å²) in [5.41, 5.74) is 0.759. The van der Waals surface area contributed by atoms with Crippen LogP contribution in [0.5, 0.6) is 5.75 Å². The molecule has 0 unspecified atom stereocenters. The van der Waals surface area contributed by atoms with E-state index in [0.717, 1.165) is 12.1 Å². The molecule has 0 heterocycles. The molecule has 0 saturated carbocycles. The third-order valence-corrected chi connectivity index (χ3v) is 1.97. The highest BCUT2D eigenvalue weighted by Gasteiger charge is 2.00. The van der Waals surface area contributed by atoms with Gasteiger partial charge in [-0.15, -0.1) is 5.11 Å². The van der Waals surface area contributed by atoms with E-state index in [4.69, 9.17) is 0 Å². The van der Waals surface area contributed by atoms with Crippen LogP contribution in [0, 0.1) is 5.82 Å². The maximum atomic E-state index is 12.9. The number of halogens is 1. The van der Waals surface area contributed by atoms with Gasteiger partial charge in [0.15, 0.2) is 0 Å². The number of phenols is 1. The average Bonchev–Trinajstić information content (AvgIpc) is 2.32. The van der Waals surface area contributed by atoms with Gasteiger partial charge >= 0.3 is 0 Å². The number of benzene rings is 2. The Hall–Kier alpha value is -2.23. The number of azo groups is 1. The highest BCUT2D eigenvalue weighted by atomic mass is 19.1. The summed E-state index contributed by atoms with van der Waals surface area (Å²) in [6.07, 6.45) is 0. The van der Waals surface area contributed by atoms with E-state index in [9.17, 15) is 9.50 Å². The molecule has 0 fully saturated rings. The van der Waals surface area contributed by atoms with Gasteiger partial charge in [-0.25, -0.2) is 4.39 Å². The van der Waals surface area contributed by atoms with Crippen molar-refractivity contribution in [1.29, 1.82) is 0 Å². The molecule has 4 heteroatoms. The molecule has 2 aromatic carbocycles. The van der Waals surface area contributed by atoms with Crippen molar-refractivity contribution < 1.29 is 9.50 Å². The van der Waals surface area contributed by atoms with Crippen LogP contribution in [0.3, 0.4) is 0 Å². The molecule has 0 saturated heterocycles. The summed E-state index contributed by atoms with van der Waals surface area (Å²) in [5.74, 6) is -0.555. The van der Waals surface area contributed by atoms with E-state index in [1.165, 1.54) is 6.07 Å². The summed E-state index contributed by atoms with van der Waals surface area (Å²) in [6.45, 7) is 0. The van der Waals surface area contributed by atoms with Gasteiger partial charge in [-0.3, -0.25) is 0 Å². The first-order chi connectivity index (χ1) is 7.75. The van der Waals surface area contributed by atoms with Gasteiger partial charge in [-0.2, -0.15) is 5.11 Å². The summed E-state index contributed by atoms with van der Waals surface area (Å²) in [5, 5.41) is 17.0. The van der Waals surface area contributed by atoms with E-state index in [1.54, 1.807) is 12.1 Å². The first-order valence-corrected chi connectivity index (χ1v) is 4.71. The Morgan fingerprint density at radius 1 is 0.938 bits per heavy atom. The van der Waals surface area contributed by atoms with Gasteiger partial charge in [0.25, 0.3) is 0 Å². The van der Waals surface area contributed by atoms with Gasteiger partial charge in [0.2, 0.25) is 0 Å². The lowest BCUT2D eigenvalue weighted by Crippen LogP contribution is -1.72. The van der Waals surface area contributed by atoms with E-state index in [2.05, 4.69) is 10.2 Å². The van der Waals surface area contributed by atoms with E-state index >= 15 is 0 Å². The van der Waals surface area contributed by atoms with Crippen LogP contribution < -0.4 is 0 Å². The number of aromatic hydroxyl groups is 1. The SMILES string of the molecule is Oc1ccc(F)cc1N=Nc1ccccc1. The fourth-order valence-corrected chi connectivity index (χ4v) is 1.18. The van der Waals surface area contributed by atoms with Gasteiger partial charge < -0.3 is 5.11 Å². The molecule has 0 amide bonds. The fourth-order valence-electron chi connectivity index (χ4n) is 1.18. The van der Waals surface area contributed by atoms with E-state index in [1.807, 2.05) is 18.2 Å². The molecular weight excluding hydrogens is 207 g/mol. The molecule has 0 aliphatic carbocycles. The number of phenolic OH excluding ortho intramolecular Hbond substituents is 1. The number of hydrogen-bond acceptors (Lipinski definition) is 3. The Balaban J connectivity index is 2.27. The third kappa shape index (κ3) is 2.42. The summed E-state index contributed by atoms with van der Waals surface area (Å²) in [7, 11) is 0. The van der Waals surface area contributed by atoms with Crippen molar-refractivity contribution in [2.24, 2.45) is 10.2 Å². The summed E-state index contributed by atoms with van der Waals surface area (Å²) >= 11 is 0. The second kappa shape index (κ2) is 4.53. The highest BCUT2D eigenvalue weighted by molar-refractivity contribution is 5.50. The van der Waals surface area contributed by atoms with E-state index in [-0.39, 0.29) is 11.4 Å². The van der Waals surface area contributed by atoms with Crippen LogP contribution in [-0.2, 0) is 0 Å². The van der Waals surface area contributed by atoms with Crippen LogP contribution >= 0.6 is 0 Å². The van der Waals surface area contributed by atoms with Crippen LogP contribution in [-0.4, -0.2) is 5.11 Å². The van der Waals surface area contributed by atoms with Crippen LogP contribution in [0.2, 0.25) is 0 Å². The molecule has 2 aromatic rings. The third-order valence-electron chi connectivity index (χ3n) is 1.97. The molecule has 0 bridgehead atoms. The fraction of sp³-hybridized carbons (Fsp3) is 0. The van der Waals surface area contributed by atoms with Crippen LogP contribution in [0.1, 0.15) is 0 Å². The maximum Gasteiger partial charge on any atom is 0.143 e. The van der Waals surface area contributed by atoms with Crippen molar-refractivity contribution in [3.63, 3.8) is 0 Å². The molecule has 0 aliphatic rings. The molecule has 0 aliphatic heterocycles. The van der Waals surface area contributed by atoms with Crippen molar-refractivity contribution in [1.82, 2.24) is 0 Å². The van der Waals surface area contributed by atoms with Crippen molar-refractivity contribution in [2.75, 3.05) is 0 Å². The minimum Gasteiger partial charge on any atom is -0.506 e. The van der Waals surface area contributed by atoms with Crippen molar-refractivity contribution in [3.8, 4) is 5.75 Å². The molecule has 80 valence electrons. The van der Waals surface area contributed by atoms with Gasteiger partial charge in [-0.1, -0.05) is 18.2 Å². The number of nitrogens with zero attached hydrogens (tertiary/aromatic N) is 2. The van der Waals surface area contributed by atoms with Gasteiger partial charge in [-0.05, 0) is 24.3 Å². The molecule has 0 aromatic heterocycles. The molecular formula is C12H9FN2O. The second-order valence-corrected chi connectivity index (χ2v) is 3.17. The zero-order chi connectivity index (χ0) is 11.4. The Morgan fingerprint density at radius 2 is 1.69 bits per heavy atom. The lowest BCUT2D eigenvalue weighted by molar-refractivity contribution is 0.474. The monoisotopic (exact) mass is 216 g/mol. The first kappa shape index (κ1) is 10.3. The molecule has 2 rings (SSSR count). The van der Waals surface area contributed by atoms with Gasteiger partial charge in [0.1, 0.15) is 17.3 Å². The van der Waals surface area contributed by atoms with Crippen molar-refractivity contribution in [2.45, 2.75) is 0 Å². The van der Waals surface area contributed by atoms with Crippen LogP contribution in [0.25, 0.3) is 0 Å². The second-order valence-electron chi connectivity index (χ2n) is 3.17. The zero-order valence-electron chi connectivity index (χ0n) is 8.34. The number of hydrogen-bond donors (Lipinski definition) is 1. The van der Waals surface area contributed by atoms with Crippen molar-refractivity contribution in [3.05, 3.63) is 54.3 Å². The van der Waals surface area contributed by atoms with Crippen LogP contribution in [0.4, 0.5) is 15.8 Å². The maximum absolute atomic E-state index is 12.9. The lowest BCUT2D eigenvalue weighted by atomic mass is 10.3. The highest BCUT2D eigenvalue weighted by Crippen LogP contribution is 2.28. The van der Waals surface area contributed by atoms with E-state index in [0.29, 0.717) is 5.69 Å². The predicted octanol–water partition coefficient (Wildman–Crippen LogP) is 3.95. The van der Waals surface area contributed by atoms with Gasteiger partial charge in [0, 0.05) is 6.07 Å². The summed E-state index contributed by atoms with van der Waals surface area (Å²) in [4.78, 5) is 0. The Bertz CT molecular complexity index is 512. The molecule has 0 radical (unpaired) electrons. The minimum absolute atomic E-state index is 0.0962. The zero-order valence-corrected chi connectivity index (χ0v) is 8.34. The Morgan fingerprint density at radius 3 is 2.44 bits per heavy atom. The normalized spacial score (nSPS) is 10.8.